The average molecular weight is 498 g/mol. The molecule has 2 aliphatic rings. The molecule has 0 saturated carbocycles. The number of carbonyl (C=O) groups is 1. The summed E-state index contributed by atoms with van der Waals surface area (Å²) in [4.78, 5) is 25.7. The maximum atomic E-state index is 12.6. The highest BCUT2D eigenvalue weighted by atomic mass is 35.5. The Morgan fingerprint density at radius 2 is 2.00 bits per heavy atom. The van der Waals surface area contributed by atoms with E-state index in [1.165, 1.54) is 0 Å². The van der Waals surface area contributed by atoms with Crippen LogP contribution in [0.25, 0.3) is 0 Å². The van der Waals surface area contributed by atoms with Crippen LogP contribution in [0.4, 0.5) is 11.8 Å². The fraction of sp³-hybridized carbons (Fsp3) is 0.500. The van der Waals surface area contributed by atoms with Crippen LogP contribution in [0.1, 0.15) is 37.8 Å². The predicted octanol–water partition coefficient (Wildman–Crippen LogP) is 4.40. The second-order valence-electron chi connectivity index (χ2n) is 8.26. The number of nitrogens with one attached hydrogen (secondary N) is 2. The van der Waals surface area contributed by atoms with Crippen LogP contribution in [0.15, 0.2) is 24.4 Å². The zero-order valence-electron chi connectivity index (χ0n) is 18.0. The number of anilines is 2. The average Bonchev–Trinajstić information content (AvgIpc) is 3.28. The van der Waals surface area contributed by atoms with Crippen LogP contribution < -0.4 is 15.5 Å². The second-order valence-corrected chi connectivity index (χ2v) is 9.51. The highest BCUT2D eigenvalue weighted by Crippen LogP contribution is 2.30. The molecule has 1 amide bonds. The van der Waals surface area contributed by atoms with E-state index in [1.54, 1.807) is 18.3 Å². The van der Waals surface area contributed by atoms with E-state index >= 15 is 0 Å². The molecule has 0 bridgehead atoms. The minimum atomic E-state index is -0.126. The minimum absolute atomic E-state index is 0.126. The summed E-state index contributed by atoms with van der Waals surface area (Å²) in [5.74, 6) is 1.36. The van der Waals surface area contributed by atoms with Crippen molar-refractivity contribution in [3.8, 4) is 0 Å². The van der Waals surface area contributed by atoms with Crippen molar-refractivity contribution in [1.29, 1.82) is 0 Å². The van der Waals surface area contributed by atoms with Gasteiger partial charge in [0.15, 0.2) is 5.82 Å². The van der Waals surface area contributed by atoms with Crippen LogP contribution in [0.3, 0.4) is 0 Å². The minimum Gasteiger partial charge on any atom is -0.362 e. The van der Waals surface area contributed by atoms with Crippen molar-refractivity contribution < 1.29 is 4.79 Å². The van der Waals surface area contributed by atoms with E-state index in [2.05, 4.69) is 25.5 Å². The van der Waals surface area contributed by atoms with Crippen molar-refractivity contribution in [2.45, 2.75) is 38.3 Å². The summed E-state index contributed by atoms with van der Waals surface area (Å²) >= 11 is 18.7. The number of piperazine rings is 1. The summed E-state index contributed by atoms with van der Waals surface area (Å²) in [5, 5.41) is 8.32. The molecule has 2 atom stereocenters. The molecule has 2 N–H and O–H groups in total. The smallest absolute Gasteiger partial charge is 0.227 e. The second kappa shape index (κ2) is 10.4. The van der Waals surface area contributed by atoms with E-state index in [-0.39, 0.29) is 11.9 Å². The molecule has 0 aliphatic carbocycles. The first kappa shape index (κ1) is 23.4. The lowest BCUT2D eigenvalue weighted by Gasteiger charge is -2.35. The topological polar surface area (TPSA) is 73.4 Å². The Balaban J connectivity index is 1.38. The molecule has 32 heavy (non-hydrogen) atoms. The lowest BCUT2D eigenvalue weighted by Crippen LogP contribution is -2.50. The Morgan fingerprint density at radius 3 is 2.69 bits per heavy atom. The lowest BCUT2D eigenvalue weighted by atomic mass is 10.1. The van der Waals surface area contributed by atoms with Gasteiger partial charge in [-0.2, -0.15) is 4.98 Å². The third kappa shape index (κ3) is 5.57. The number of hydrogen-bond donors (Lipinski definition) is 2. The molecule has 0 unspecified atom stereocenters. The van der Waals surface area contributed by atoms with Crippen LogP contribution in [-0.4, -0.2) is 59.5 Å². The number of amides is 1. The van der Waals surface area contributed by atoms with Gasteiger partial charge in [-0.05, 0) is 44.0 Å². The van der Waals surface area contributed by atoms with Crippen molar-refractivity contribution >= 4 is 52.5 Å². The molecule has 2 saturated heterocycles. The largest absolute Gasteiger partial charge is 0.362 e. The number of carbonyl (C=O) groups excluding carboxylic acids is 1. The van der Waals surface area contributed by atoms with E-state index < -0.39 is 0 Å². The quantitative estimate of drug-likeness (QED) is 0.616. The summed E-state index contributed by atoms with van der Waals surface area (Å²) in [6.07, 6.45) is 4.42. The Kier molecular flexibility index (Phi) is 7.61. The summed E-state index contributed by atoms with van der Waals surface area (Å²) in [5.41, 5.74) is 0.899. The molecular formula is C22H27Cl3N6O. The Hall–Kier alpha value is -1.80. The van der Waals surface area contributed by atoms with Crippen LogP contribution in [0.2, 0.25) is 15.1 Å². The SMILES string of the molecule is C[C@@H](Nc1nc(N2CCN(C(=O)C[C@@H]3CCCN3)CC2)ncc1Cl)c1ccc(Cl)cc1Cl. The van der Waals surface area contributed by atoms with Gasteiger partial charge in [-0.25, -0.2) is 4.98 Å². The van der Waals surface area contributed by atoms with Gasteiger partial charge in [-0.3, -0.25) is 4.79 Å². The number of nitrogens with zero attached hydrogens (tertiary/aromatic N) is 4. The third-order valence-electron chi connectivity index (χ3n) is 6.01. The molecule has 7 nitrogen and oxygen atoms in total. The van der Waals surface area contributed by atoms with E-state index in [4.69, 9.17) is 34.8 Å². The zero-order valence-corrected chi connectivity index (χ0v) is 20.2. The Labute approximate surface area is 203 Å². The molecule has 2 fully saturated rings. The molecule has 3 heterocycles. The number of aromatic nitrogens is 2. The van der Waals surface area contributed by atoms with Gasteiger partial charge in [0.05, 0.1) is 12.2 Å². The van der Waals surface area contributed by atoms with Gasteiger partial charge in [0, 0.05) is 48.7 Å². The highest BCUT2D eigenvalue weighted by Gasteiger charge is 2.26. The Morgan fingerprint density at radius 1 is 1.22 bits per heavy atom. The summed E-state index contributed by atoms with van der Waals surface area (Å²) in [7, 11) is 0. The standard InChI is InChI=1S/C22H27Cl3N6O/c1-14(17-5-4-15(23)11-18(17)24)28-21-19(25)13-27-22(29-21)31-9-7-30(8-10-31)20(32)12-16-3-2-6-26-16/h4-5,11,13-14,16,26H,2-3,6-10,12H2,1H3,(H,27,28,29)/t14-,16+/m1/s1. The molecule has 172 valence electrons. The van der Waals surface area contributed by atoms with Crippen molar-refractivity contribution in [3.63, 3.8) is 0 Å². The van der Waals surface area contributed by atoms with E-state index in [9.17, 15) is 4.79 Å². The van der Waals surface area contributed by atoms with E-state index in [1.807, 2.05) is 17.9 Å². The monoisotopic (exact) mass is 496 g/mol. The van der Waals surface area contributed by atoms with Crippen molar-refractivity contribution in [2.75, 3.05) is 42.9 Å². The normalized spacial score (nSPS) is 19.8. The maximum absolute atomic E-state index is 12.6. The molecule has 0 radical (unpaired) electrons. The number of halogens is 3. The van der Waals surface area contributed by atoms with Gasteiger partial charge < -0.3 is 20.4 Å². The molecule has 4 rings (SSSR count). The van der Waals surface area contributed by atoms with Gasteiger partial charge in [-0.1, -0.05) is 40.9 Å². The maximum Gasteiger partial charge on any atom is 0.227 e. The van der Waals surface area contributed by atoms with Crippen LogP contribution in [0.5, 0.6) is 0 Å². The molecule has 2 aliphatic heterocycles. The summed E-state index contributed by atoms with van der Waals surface area (Å²) < 4.78 is 0. The third-order valence-corrected chi connectivity index (χ3v) is 6.85. The first-order valence-corrected chi connectivity index (χ1v) is 12.0. The Bertz CT molecular complexity index is 961. The molecular weight excluding hydrogens is 471 g/mol. The first-order chi connectivity index (χ1) is 15.4. The number of rotatable bonds is 6. The fourth-order valence-electron chi connectivity index (χ4n) is 4.17. The van der Waals surface area contributed by atoms with E-state index in [0.29, 0.717) is 65.5 Å². The van der Waals surface area contributed by atoms with Gasteiger partial charge >= 0.3 is 0 Å². The van der Waals surface area contributed by atoms with Crippen LogP contribution in [0, 0.1) is 0 Å². The predicted molar refractivity (Wildman–Crippen MR) is 130 cm³/mol. The van der Waals surface area contributed by atoms with Gasteiger partial charge in [0.1, 0.15) is 5.02 Å². The summed E-state index contributed by atoms with van der Waals surface area (Å²) in [6.45, 7) is 5.69. The molecule has 1 aromatic carbocycles. The van der Waals surface area contributed by atoms with E-state index in [0.717, 1.165) is 24.9 Å². The van der Waals surface area contributed by atoms with Gasteiger partial charge in [0.2, 0.25) is 11.9 Å². The number of hydrogen-bond acceptors (Lipinski definition) is 6. The molecule has 10 heteroatoms. The van der Waals surface area contributed by atoms with Crippen LogP contribution >= 0.6 is 34.8 Å². The van der Waals surface area contributed by atoms with Crippen molar-refractivity contribution in [1.82, 2.24) is 20.2 Å². The molecule has 0 spiro atoms. The van der Waals surface area contributed by atoms with Gasteiger partial charge in [-0.15, -0.1) is 0 Å². The lowest BCUT2D eigenvalue weighted by molar-refractivity contribution is -0.131. The summed E-state index contributed by atoms with van der Waals surface area (Å²) in [6, 6.07) is 5.60. The molecule has 1 aromatic heterocycles. The highest BCUT2D eigenvalue weighted by molar-refractivity contribution is 6.35. The molecule has 2 aromatic rings. The first-order valence-electron chi connectivity index (χ1n) is 10.9. The van der Waals surface area contributed by atoms with Crippen molar-refractivity contribution in [3.05, 3.63) is 45.0 Å². The zero-order chi connectivity index (χ0) is 22.7. The number of benzene rings is 1. The van der Waals surface area contributed by atoms with Crippen LogP contribution in [-0.2, 0) is 4.79 Å². The van der Waals surface area contributed by atoms with Crippen molar-refractivity contribution in [2.24, 2.45) is 0 Å². The fourth-order valence-corrected chi connectivity index (χ4v) is 4.89. The van der Waals surface area contributed by atoms with Gasteiger partial charge in [0.25, 0.3) is 0 Å².